The normalized spacial score (nSPS) is 11.5. The summed E-state index contributed by atoms with van der Waals surface area (Å²) in [7, 11) is 4.05. The summed E-state index contributed by atoms with van der Waals surface area (Å²) in [6.07, 6.45) is 0. The number of carbonyl (C=O) groups excluding carboxylic acids is 1. The van der Waals surface area contributed by atoms with Gasteiger partial charge in [0, 0.05) is 19.6 Å². The van der Waals surface area contributed by atoms with E-state index in [0.717, 1.165) is 19.6 Å². The number of nitrogens with two attached hydrogens (primary N) is 1. The maximum absolute atomic E-state index is 11.2. The molecule has 0 rings (SSSR count). The Labute approximate surface area is 92.6 Å². The van der Waals surface area contributed by atoms with E-state index in [2.05, 4.69) is 29.1 Å². The van der Waals surface area contributed by atoms with Gasteiger partial charge < -0.3 is 4.90 Å². The van der Waals surface area contributed by atoms with Crippen molar-refractivity contribution in [3.8, 4) is 0 Å². The molecule has 0 unspecified atom stereocenters. The van der Waals surface area contributed by atoms with Gasteiger partial charge in [-0.3, -0.25) is 15.1 Å². The van der Waals surface area contributed by atoms with Crippen LogP contribution in [0, 0.1) is 5.92 Å². The first-order chi connectivity index (χ1) is 6.95. The zero-order chi connectivity index (χ0) is 11.8. The molecule has 0 aromatic heterocycles. The van der Waals surface area contributed by atoms with Gasteiger partial charge in [-0.2, -0.15) is 0 Å². The molecule has 0 aliphatic heterocycles. The van der Waals surface area contributed by atoms with E-state index in [-0.39, 0.29) is 5.91 Å². The summed E-state index contributed by atoms with van der Waals surface area (Å²) < 4.78 is 0. The summed E-state index contributed by atoms with van der Waals surface area (Å²) in [5.74, 6) is 5.49. The molecule has 0 saturated carbocycles. The van der Waals surface area contributed by atoms with Crippen LogP contribution < -0.4 is 11.3 Å². The number of carbonyl (C=O) groups is 1. The van der Waals surface area contributed by atoms with Gasteiger partial charge in [0.2, 0.25) is 5.91 Å². The predicted octanol–water partition coefficient (Wildman–Crippen LogP) is -0.504. The maximum atomic E-state index is 11.2. The molecule has 0 radical (unpaired) electrons. The van der Waals surface area contributed by atoms with Crippen LogP contribution in [0.15, 0.2) is 0 Å². The number of hydrogen-bond donors (Lipinski definition) is 2. The Bertz CT molecular complexity index is 182. The van der Waals surface area contributed by atoms with Crippen molar-refractivity contribution in [1.29, 1.82) is 0 Å². The van der Waals surface area contributed by atoms with Crippen molar-refractivity contribution in [2.24, 2.45) is 11.8 Å². The summed E-state index contributed by atoms with van der Waals surface area (Å²) >= 11 is 0. The molecule has 1 amide bonds. The van der Waals surface area contributed by atoms with Gasteiger partial charge in [0.15, 0.2) is 0 Å². The lowest BCUT2D eigenvalue weighted by molar-refractivity contribution is -0.122. The molecule has 15 heavy (non-hydrogen) atoms. The van der Waals surface area contributed by atoms with E-state index in [0.29, 0.717) is 12.5 Å². The monoisotopic (exact) mass is 216 g/mol. The van der Waals surface area contributed by atoms with Gasteiger partial charge in [-0.15, -0.1) is 0 Å². The maximum Gasteiger partial charge on any atom is 0.248 e. The van der Waals surface area contributed by atoms with Crippen LogP contribution in [-0.4, -0.2) is 56.0 Å². The van der Waals surface area contributed by atoms with Crippen LogP contribution in [0.25, 0.3) is 0 Å². The molecule has 0 aromatic rings. The van der Waals surface area contributed by atoms with Gasteiger partial charge in [-0.05, 0) is 20.0 Å². The van der Waals surface area contributed by atoms with Gasteiger partial charge in [-0.25, -0.2) is 5.84 Å². The standard InChI is InChI=1S/C10H24N4O/c1-9(2)7-14(6-5-13(3)4)8-10(15)12-11/h9H,5-8,11H2,1-4H3,(H,12,15). The SMILES string of the molecule is CC(C)CN(CCN(C)C)CC(=O)NN. The molecule has 0 heterocycles. The van der Waals surface area contributed by atoms with E-state index in [1.807, 2.05) is 14.1 Å². The Kier molecular flexibility index (Phi) is 7.29. The zero-order valence-corrected chi connectivity index (χ0v) is 10.3. The number of hydrogen-bond acceptors (Lipinski definition) is 4. The van der Waals surface area contributed by atoms with Crippen LogP contribution >= 0.6 is 0 Å². The van der Waals surface area contributed by atoms with Crippen molar-refractivity contribution < 1.29 is 4.79 Å². The van der Waals surface area contributed by atoms with E-state index < -0.39 is 0 Å². The minimum absolute atomic E-state index is 0.130. The Morgan fingerprint density at radius 1 is 1.33 bits per heavy atom. The van der Waals surface area contributed by atoms with Gasteiger partial charge >= 0.3 is 0 Å². The van der Waals surface area contributed by atoms with Crippen LogP contribution in [-0.2, 0) is 4.79 Å². The van der Waals surface area contributed by atoms with E-state index in [1.54, 1.807) is 0 Å². The molecular weight excluding hydrogens is 192 g/mol. The molecule has 3 N–H and O–H groups in total. The van der Waals surface area contributed by atoms with Crippen molar-refractivity contribution in [3.63, 3.8) is 0 Å². The number of likely N-dealkylation sites (N-methyl/N-ethyl adjacent to an activating group) is 1. The second-order valence-electron chi connectivity index (χ2n) is 4.50. The molecule has 0 aromatic carbocycles. The number of hydrazine groups is 1. The highest BCUT2D eigenvalue weighted by Gasteiger charge is 2.11. The van der Waals surface area contributed by atoms with E-state index in [1.165, 1.54) is 0 Å². The molecule has 0 atom stereocenters. The molecular formula is C10H24N4O. The lowest BCUT2D eigenvalue weighted by atomic mass is 10.2. The van der Waals surface area contributed by atoms with E-state index >= 15 is 0 Å². The summed E-state index contributed by atoms with van der Waals surface area (Å²) in [5.41, 5.74) is 2.16. The third-order valence-corrected chi connectivity index (χ3v) is 2.01. The van der Waals surface area contributed by atoms with Crippen LogP contribution in [0.2, 0.25) is 0 Å². The van der Waals surface area contributed by atoms with Crippen molar-refractivity contribution in [3.05, 3.63) is 0 Å². The van der Waals surface area contributed by atoms with Gasteiger partial charge in [0.25, 0.3) is 0 Å². The molecule has 0 aliphatic rings. The second kappa shape index (κ2) is 7.62. The predicted molar refractivity (Wildman–Crippen MR) is 62.2 cm³/mol. The molecule has 0 aliphatic carbocycles. The number of nitrogens with one attached hydrogen (secondary N) is 1. The second-order valence-corrected chi connectivity index (χ2v) is 4.50. The van der Waals surface area contributed by atoms with Gasteiger partial charge in [0.1, 0.15) is 0 Å². The summed E-state index contributed by atoms with van der Waals surface area (Å²) in [4.78, 5) is 15.4. The third-order valence-electron chi connectivity index (χ3n) is 2.01. The number of rotatable bonds is 7. The first-order valence-corrected chi connectivity index (χ1v) is 5.32. The summed E-state index contributed by atoms with van der Waals surface area (Å²) in [6.45, 7) is 7.42. The molecule has 0 spiro atoms. The highest BCUT2D eigenvalue weighted by atomic mass is 16.2. The minimum atomic E-state index is -0.130. The fourth-order valence-corrected chi connectivity index (χ4v) is 1.34. The van der Waals surface area contributed by atoms with Crippen LogP contribution in [0.5, 0.6) is 0 Å². The van der Waals surface area contributed by atoms with Gasteiger partial charge in [-0.1, -0.05) is 13.8 Å². The van der Waals surface area contributed by atoms with Crippen molar-refractivity contribution in [2.45, 2.75) is 13.8 Å². The largest absolute Gasteiger partial charge is 0.308 e. The van der Waals surface area contributed by atoms with Gasteiger partial charge in [0.05, 0.1) is 6.54 Å². The third kappa shape index (κ3) is 8.35. The molecule has 0 bridgehead atoms. The molecule has 0 fully saturated rings. The minimum Gasteiger partial charge on any atom is -0.308 e. The van der Waals surface area contributed by atoms with E-state index in [9.17, 15) is 4.79 Å². The van der Waals surface area contributed by atoms with Crippen molar-refractivity contribution >= 4 is 5.91 Å². The Balaban J connectivity index is 4.00. The molecule has 0 saturated heterocycles. The Hall–Kier alpha value is -0.650. The molecule has 5 heteroatoms. The van der Waals surface area contributed by atoms with Crippen molar-refractivity contribution in [1.82, 2.24) is 15.2 Å². The van der Waals surface area contributed by atoms with Crippen LogP contribution in [0.4, 0.5) is 0 Å². The fraction of sp³-hybridized carbons (Fsp3) is 0.900. The highest BCUT2D eigenvalue weighted by molar-refractivity contribution is 5.77. The van der Waals surface area contributed by atoms with E-state index in [4.69, 9.17) is 5.84 Å². The summed E-state index contributed by atoms with van der Waals surface area (Å²) in [5, 5.41) is 0. The van der Waals surface area contributed by atoms with Crippen LogP contribution in [0.1, 0.15) is 13.8 Å². The first kappa shape index (κ1) is 14.3. The average Bonchev–Trinajstić information content (AvgIpc) is 2.13. The lowest BCUT2D eigenvalue weighted by Gasteiger charge is -2.24. The molecule has 90 valence electrons. The number of nitrogens with zero attached hydrogens (tertiary/aromatic N) is 2. The van der Waals surface area contributed by atoms with Crippen molar-refractivity contribution in [2.75, 3.05) is 40.3 Å². The zero-order valence-electron chi connectivity index (χ0n) is 10.3. The topological polar surface area (TPSA) is 61.6 Å². The first-order valence-electron chi connectivity index (χ1n) is 5.32. The molecule has 5 nitrogen and oxygen atoms in total. The van der Waals surface area contributed by atoms with Crippen LogP contribution in [0.3, 0.4) is 0 Å². The quantitative estimate of drug-likeness (QED) is 0.342. The lowest BCUT2D eigenvalue weighted by Crippen LogP contribution is -2.43. The number of amides is 1. The summed E-state index contributed by atoms with van der Waals surface area (Å²) in [6, 6.07) is 0. The highest BCUT2D eigenvalue weighted by Crippen LogP contribution is 1.98. The average molecular weight is 216 g/mol. The fourth-order valence-electron chi connectivity index (χ4n) is 1.34. The smallest absolute Gasteiger partial charge is 0.248 e. The Morgan fingerprint density at radius 3 is 2.33 bits per heavy atom. The Morgan fingerprint density at radius 2 is 1.93 bits per heavy atom.